The van der Waals surface area contributed by atoms with Crippen LogP contribution in [0.1, 0.15) is 18.1 Å². The highest BCUT2D eigenvalue weighted by Gasteiger charge is 2.27. The number of nitrogens with zero attached hydrogens (tertiary/aromatic N) is 9. The van der Waals surface area contributed by atoms with Crippen LogP contribution in [-0.2, 0) is 13.5 Å². The van der Waals surface area contributed by atoms with E-state index in [2.05, 4.69) is 62.2 Å². The number of fused-ring (bicyclic) bond motifs is 1. The third kappa shape index (κ3) is 4.21. The zero-order chi connectivity index (χ0) is 23.8. The summed E-state index contributed by atoms with van der Waals surface area (Å²) in [6.45, 7) is 4.70. The topological polar surface area (TPSA) is 80.3 Å². The molecule has 0 saturated carbocycles. The number of benzene rings is 1. The van der Waals surface area contributed by atoms with Gasteiger partial charge in [-0.05, 0) is 24.1 Å². The molecule has 0 amide bonds. The Morgan fingerprint density at radius 3 is 2.46 bits per heavy atom. The first-order chi connectivity index (χ1) is 17.1. The van der Waals surface area contributed by atoms with Gasteiger partial charge in [-0.15, -0.1) is 0 Å². The van der Waals surface area contributed by atoms with Crippen LogP contribution in [0.4, 0.5) is 11.8 Å². The van der Waals surface area contributed by atoms with Crippen molar-refractivity contribution < 1.29 is 0 Å². The van der Waals surface area contributed by atoms with Gasteiger partial charge in [-0.3, -0.25) is 4.68 Å². The third-order valence-electron chi connectivity index (χ3n) is 6.55. The summed E-state index contributed by atoms with van der Waals surface area (Å²) in [7, 11) is 1.92. The maximum absolute atomic E-state index is 4.69. The molecule has 0 bridgehead atoms. The Kier molecular flexibility index (Phi) is 5.36. The van der Waals surface area contributed by atoms with E-state index in [1.165, 1.54) is 5.56 Å². The van der Waals surface area contributed by atoms with E-state index < -0.39 is 0 Å². The maximum atomic E-state index is 4.69. The van der Waals surface area contributed by atoms with Crippen LogP contribution in [-0.4, -0.2) is 60.0 Å². The Hall–Kier alpha value is -4.27. The molecule has 0 radical (unpaired) electrons. The van der Waals surface area contributed by atoms with Gasteiger partial charge in [-0.1, -0.05) is 30.3 Å². The fourth-order valence-electron chi connectivity index (χ4n) is 4.75. The van der Waals surface area contributed by atoms with Gasteiger partial charge in [0.2, 0.25) is 5.95 Å². The number of rotatable bonds is 5. The van der Waals surface area contributed by atoms with Crippen LogP contribution >= 0.6 is 0 Å². The Bertz CT molecular complexity index is 1440. The number of hydrogen-bond acceptors (Lipinski definition) is 7. The Morgan fingerprint density at radius 1 is 0.886 bits per heavy atom. The Balaban J connectivity index is 1.18. The van der Waals surface area contributed by atoms with Crippen LogP contribution in [0.25, 0.3) is 16.6 Å². The van der Waals surface area contributed by atoms with E-state index in [0.717, 1.165) is 60.0 Å². The van der Waals surface area contributed by atoms with Crippen molar-refractivity contribution in [1.82, 2.24) is 34.3 Å². The summed E-state index contributed by atoms with van der Waals surface area (Å²) < 4.78 is 3.71. The van der Waals surface area contributed by atoms with Crippen molar-refractivity contribution >= 4 is 17.3 Å². The molecule has 1 saturated heterocycles. The van der Waals surface area contributed by atoms with E-state index in [9.17, 15) is 0 Å². The van der Waals surface area contributed by atoms with Gasteiger partial charge in [0.05, 0.1) is 6.20 Å². The predicted octanol–water partition coefficient (Wildman–Crippen LogP) is 3.23. The second-order valence-corrected chi connectivity index (χ2v) is 9.09. The van der Waals surface area contributed by atoms with Crippen LogP contribution in [0.3, 0.4) is 0 Å². The number of hydrogen-bond donors (Lipinski definition) is 0. The molecule has 0 N–H and O–H groups in total. The third-order valence-corrected chi connectivity index (χ3v) is 6.55. The summed E-state index contributed by atoms with van der Waals surface area (Å²) in [6.07, 6.45) is 12.3. The Morgan fingerprint density at radius 2 is 1.71 bits per heavy atom. The first kappa shape index (κ1) is 21.3. The van der Waals surface area contributed by atoms with Crippen molar-refractivity contribution in [2.24, 2.45) is 7.05 Å². The second-order valence-electron chi connectivity index (χ2n) is 9.09. The van der Waals surface area contributed by atoms with E-state index in [4.69, 9.17) is 9.97 Å². The monoisotopic (exact) mass is 465 g/mol. The van der Waals surface area contributed by atoms with E-state index in [0.29, 0.717) is 0 Å². The standard InChI is InChI=1S/C26H27N9/c1-19-15-33(25-24-11-22(17-35(24)31-18-29-25)23-14-30-32(2)16-23)8-9-34(19)26-27-12-21(13-28-26)10-20-6-4-3-5-7-20/h3-7,11-14,16-19H,8-10,15H2,1-2H3/t19-/m1/s1. The van der Waals surface area contributed by atoms with Crippen molar-refractivity contribution in [3.05, 3.63) is 84.8 Å². The largest absolute Gasteiger partial charge is 0.351 e. The van der Waals surface area contributed by atoms with Gasteiger partial charge in [0.1, 0.15) is 11.8 Å². The quantitative estimate of drug-likeness (QED) is 0.394. The SMILES string of the molecule is C[C@@H]1CN(c2ncnn3cc(-c4cnn(C)c4)cc23)CCN1c1ncc(Cc2ccccc2)cn1. The van der Waals surface area contributed by atoms with E-state index in [-0.39, 0.29) is 6.04 Å². The average Bonchev–Trinajstić information content (AvgIpc) is 3.51. The molecule has 5 heterocycles. The number of aryl methyl sites for hydroxylation is 1. The highest BCUT2D eigenvalue weighted by Crippen LogP contribution is 2.28. The molecule has 1 aliphatic heterocycles. The van der Waals surface area contributed by atoms with E-state index in [1.54, 1.807) is 11.0 Å². The molecule has 5 aromatic rings. The first-order valence-electron chi connectivity index (χ1n) is 11.8. The van der Waals surface area contributed by atoms with Crippen LogP contribution in [0.2, 0.25) is 0 Å². The number of aromatic nitrogens is 7. The van der Waals surface area contributed by atoms with Crippen molar-refractivity contribution in [2.45, 2.75) is 19.4 Å². The minimum atomic E-state index is 0.242. The average molecular weight is 466 g/mol. The summed E-state index contributed by atoms with van der Waals surface area (Å²) in [6, 6.07) is 12.8. The lowest BCUT2D eigenvalue weighted by Crippen LogP contribution is -2.53. The zero-order valence-corrected chi connectivity index (χ0v) is 19.9. The van der Waals surface area contributed by atoms with Crippen LogP contribution < -0.4 is 9.80 Å². The summed E-state index contributed by atoms with van der Waals surface area (Å²) >= 11 is 0. The van der Waals surface area contributed by atoms with Crippen LogP contribution in [0.5, 0.6) is 0 Å². The van der Waals surface area contributed by atoms with Gasteiger partial charge >= 0.3 is 0 Å². The normalized spacial score (nSPS) is 16.2. The minimum Gasteiger partial charge on any atom is -0.351 e. The summed E-state index contributed by atoms with van der Waals surface area (Å²) in [5, 5.41) is 8.72. The molecule has 1 aliphatic rings. The minimum absolute atomic E-state index is 0.242. The molecule has 0 aliphatic carbocycles. The highest BCUT2D eigenvalue weighted by molar-refractivity contribution is 5.77. The lowest BCUT2D eigenvalue weighted by atomic mass is 10.1. The van der Waals surface area contributed by atoms with E-state index >= 15 is 0 Å². The van der Waals surface area contributed by atoms with Crippen LogP contribution in [0.15, 0.2) is 73.7 Å². The van der Waals surface area contributed by atoms with Gasteiger partial charge in [-0.25, -0.2) is 19.5 Å². The molecule has 0 spiro atoms. The van der Waals surface area contributed by atoms with Crippen molar-refractivity contribution in [1.29, 1.82) is 0 Å². The summed E-state index contributed by atoms with van der Waals surface area (Å²) in [4.78, 5) is 18.6. The fraction of sp³-hybridized carbons (Fsp3) is 0.269. The van der Waals surface area contributed by atoms with Gasteiger partial charge in [-0.2, -0.15) is 10.2 Å². The fourth-order valence-corrected chi connectivity index (χ4v) is 4.75. The predicted molar refractivity (Wildman–Crippen MR) is 135 cm³/mol. The van der Waals surface area contributed by atoms with Crippen molar-refractivity contribution in [3.8, 4) is 11.1 Å². The highest BCUT2D eigenvalue weighted by atomic mass is 15.4. The van der Waals surface area contributed by atoms with Crippen molar-refractivity contribution in [2.75, 3.05) is 29.4 Å². The lowest BCUT2D eigenvalue weighted by molar-refractivity contribution is 0.537. The van der Waals surface area contributed by atoms with Gasteiger partial charge < -0.3 is 9.80 Å². The molecule has 6 rings (SSSR count). The Labute approximate surface area is 203 Å². The molecule has 176 valence electrons. The summed E-state index contributed by atoms with van der Waals surface area (Å²) in [5.74, 6) is 1.73. The van der Waals surface area contributed by atoms with E-state index in [1.807, 2.05) is 48.6 Å². The first-order valence-corrected chi connectivity index (χ1v) is 11.8. The van der Waals surface area contributed by atoms with Gasteiger partial charge in [0, 0.05) is 75.1 Å². The zero-order valence-electron chi connectivity index (χ0n) is 19.9. The lowest BCUT2D eigenvalue weighted by Gasteiger charge is -2.40. The maximum Gasteiger partial charge on any atom is 0.225 e. The van der Waals surface area contributed by atoms with Gasteiger partial charge in [0.25, 0.3) is 0 Å². The second kappa shape index (κ2) is 8.83. The smallest absolute Gasteiger partial charge is 0.225 e. The molecule has 4 aromatic heterocycles. The molecule has 1 aromatic carbocycles. The molecule has 35 heavy (non-hydrogen) atoms. The summed E-state index contributed by atoms with van der Waals surface area (Å²) in [5.41, 5.74) is 5.52. The molecule has 0 unspecified atom stereocenters. The molecule has 1 fully saturated rings. The molecular weight excluding hydrogens is 438 g/mol. The van der Waals surface area contributed by atoms with Crippen molar-refractivity contribution in [3.63, 3.8) is 0 Å². The number of piperazine rings is 1. The number of anilines is 2. The molecule has 9 heteroatoms. The molecule has 1 atom stereocenters. The molecular formula is C26H27N9. The molecule has 9 nitrogen and oxygen atoms in total. The van der Waals surface area contributed by atoms with Crippen LogP contribution in [0, 0.1) is 0 Å². The van der Waals surface area contributed by atoms with Gasteiger partial charge in [0.15, 0.2) is 5.82 Å².